The first kappa shape index (κ1) is 21.0. The van der Waals surface area contributed by atoms with Gasteiger partial charge in [-0.3, -0.25) is 19.3 Å². The number of thioether (sulfide) groups is 1. The average molecular weight is 416 g/mol. The summed E-state index contributed by atoms with van der Waals surface area (Å²) in [5.74, 6) is -0.346. The molecule has 0 atom stereocenters. The molecule has 0 aromatic heterocycles. The van der Waals surface area contributed by atoms with E-state index in [1.54, 1.807) is 29.2 Å². The number of likely N-dealkylation sites (tertiary alicyclic amines) is 1. The normalized spacial score (nSPS) is 18.0. The monoisotopic (exact) mass is 416 g/mol. The zero-order valence-electron chi connectivity index (χ0n) is 16.3. The van der Waals surface area contributed by atoms with Crippen LogP contribution in [0.5, 0.6) is 11.5 Å². The summed E-state index contributed by atoms with van der Waals surface area (Å²) in [6.45, 7) is 6.98. The Morgan fingerprint density at radius 2 is 2.03 bits per heavy atom. The van der Waals surface area contributed by atoms with Gasteiger partial charge in [0.15, 0.2) is 11.5 Å². The topological polar surface area (TPSA) is 87.2 Å². The molecule has 0 saturated carbocycles. The van der Waals surface area contributed by atoms with Gasteiger partial charge < -0.3 is 14.7 Å². The molecule has 2 aliphatic rings. The van der Waals surface area contributed by atoms with Crippen molar-refractivity contribution in [3.8, 4) is 11.5 Å². The summed E-state index contributed by atoms with van der Waals surface area (Å²) in [4.78, 5) is 40.3. The quantitative estimate of drug-likeness (QED) is 0.543. The smallest absolute Gasteiger partial charge is 0.294 e. The van der Waals surface area contributed by atoms with Gasteiger partial charge in [-0.2, -0.15) is 0 Å². The van der Waals surface area contributed by atoms with Crippen molar-refractivity contribution >= 4 is 34.9 Å². The largest absolute Gasteiger partial charge is 0.504 e. The third kappa shape index (κ3) is 4.64. The van der Waals surface area contributed by atoms with Crippen molar-refractivity contribution in [2.45, 2.75) is 26.2 Å². The Bertz CT molecular complexity index is 874. The molecule has 0 unspecified atom stereocenters. The van der Waals surface area contributed by atoms with E-state index in [9.17, 15) is 19.5 Å². The average Bonchev–Trinajstić information content (AvgIpc) is 3.31. The van der Waals surface area contributed by atoms with Crippen LogP contribution in [0.4, 0.5) is 4.79 Å². The number of phenols is 1. The van der Waals surface area contributed by atoms with Gasteiger partial charge in [0.25, 0.3) is 11.1 Å². The van der Waals surface area contributed by atoms with E-state index in [4.69, 9.17) is 4.74 Å². The molecule has 8 heteroatoms. The van der Waals surface area contributed by atoms with Crippen LogP contribution in [0.1, 0.15) is 30.9 Å². The van der Waals surface area contributed by atoms with Crippen LogP contribution in [0.15, 0.2) is 29.7 Å². The highest BCUT2D eigenvalue weighted by Gasteiger charge is 2.37. The van der Waals surface area contributed by atoms with Crippen molar-refractivity contribution in [2.75, 3.05) is 26.2 Å². The van der Waals surface area contributed by atoms with Gasteiger partial charge in [-0.15, -0.1) is 6.58 Å². The summed E-state index contributed by atoms with van der Waals surface area (Å²) >= 11 is 0.808. The predicted octanol–water partition coefficient (Wildman–Crippen LogP) is 3.18. The molecule has 1 aromatic rings. The van der Waals surface area contributed by atoms with Gasteiger partial charge in [-0.25, -0.2) is 0 Å². The summed E-state index contributed by atoms with van der Waals surface area (Å²) in [6.07, 6.45) is 5.57. The lowest BCUT2D eigenvalue weighted by atomic mass is 10.1. The molecule has 29 heavy (non-hydrogen) atoms. The molecule has 2 saturated heterocycles. The lowest BCUT2D eigenvalue weighted by Crippen LogP contribution is -2.40. The Labute approximate surface area is 174 Å². The van der Waals surface area contributed by atoms with Gasteiger partial charge in [0.05, 0.1) is 11.5 Å². The van der Waals surface area contributed by atoms with Crippen molar-refractivity contribution in [1.29, 1.82) is 0 Å². The second-order valence-corrected chi connectivity index (χ2v) is 7.80. The molecule has 2 fully saturated rings. The van der Waals surface area contributed by atoms with E-state index in [2.05, 4.69) is 6.58 Å². The second-order valence-electron chi connectivity index (χ2n) is 6.81. The summed E-state index contributed by atoms with van der Waals surface area (Å²) in [7, 11) is 0. The maximum atomic E-state index is 12.7. The van der Waals surface area contributed by atoms with Crippen LogP contribution in [-0.4, -0.2) is 58.2 Å². The predicted molar refractivity (Wildman–Crippen MR) is 112 cm³/mol. The summed E-state index contributed by atoms with van der Waals surface area (Å²) in [5.41, 5.74) is 1.24. The molecule has 1 N–H and O–H groups in total. The standard InChI is InChI=1S/C21H24N2O5S/c1-3-7-15-10-14(11-16(19(15)25)28-4-2)12-17-20(26)23(21(27)29-17)13-18(24)22-8-5-6-9-22/h3,10-12,25H,1,4-9,13H2,2H3. The van der Waals surface area contributed by atoms with Crippen molar-refractivity contribution in [2.24, 2.45) is 0 Å². The highest BCUT2D eigenvalue weighted by molar-refractivity contribution is 8.18. The number of hydrogen-bond donors (Lipinski definition) is 1. The molecule has 1 aromatic carbocycles. The van der Waals surface area contributed by atoms with E-state index >= 15 is 0 Å². The molecule has 0 aliphatic carbocycles. The Hall–Kier alpha value is -2.74. The third-order valence-corrected chi connectivity index (χ3v) is 5.67. The zero-order chi connectivity index (χ0) is 21.0. The van der Waals surface area contributed by atoms with Crippen LogP contribution in [0.25, 0.3) is 6.08 Å². The van der Waals surface area contributed by atoms with E-state index in [1.165, 1.54) is 0 Å². The lowest BCUT2D eigenvalue weighted by molar-refractivity contribution is -0.135. The van der Waals surface area contributed by atoms with Crippen LogP contribution in [-0.2, 0) is 16.0 Å². The minimum atomic E-state index is -0.483. The highest BCUT2D eigenvalue weighted by atomic mass is 32.2. The number of aromatic hydroxyl groups is 1. The summed E-state index contributed by atoms with van der Waals surface area (Å²) in [6, 6.07) is 3.34. The van der Waals surface area contributed by atoms with Crippen LogP contribution in [0.3, 0.4) is 0 Å². The molecule has 0 spiro atoms. The van der Waals surface area contributed by atoms with Crippen LogP contribution in [0.2, 0.25) is 0 Å². The van der Waals surface area contributed by atoms with E-state index in [0.717, 1.165) is 29.5 Å². The van der Waals surface area contributed by atoms with Gasteiger partial charge >= 0.3 is 0 Å². The zero-order valence-corrected chi connectivity index (χ0v) is 17.2. The van der Waals surface area contributed by atoms with Crippen LogP contribution < -0.4 is 4.74 Å². The van der Waals surface area contributed by atoms with Gasteiger partial charge in [-0.1, -0.05) is 6.08 Å². The number of ether oxygens (including phenoxy) is 1. The first-order chi connectivity index (χ1) is 13.9. The van der Waals surface area contributed by atoms with Crippen LogP contribution >= 0.6 is 11.8 Å². The Morgan fingerprint density at radius 3 is 2.69 bits per heavy atom. The first-order valence-electron chi connectivity index (χ1n) is 9.57. The van der Waals surface area contributed by atoms with Crippen molar-refractivity contribution < 1.29 is 24.2 Å². The minimum absolute atomic E-state index is 0.0354. The Balaban J connectivity index is 1.83. The summed E-state index contributed by atoms with van der Waals surface area (Å²) < 4.78 is 5.47. The Kier molecular flexibility index (Phi) is 6.64. The second kappa shape index (κ2) is 9.17. The highest BCUT2D eigenvalue weighted by Crippen LogP contribution is 2.36. The van der Waals surface area contributed by atoms with Gasteiger partial charge in [0.2, 0.25) is 5.91 Å². The van der Waals surface area contributed by atoms with Crippen molar-refractivity contribution in [3.05, 3.63) is 40.8 Å². The molecule has 0 radical (unpaired) electrons. The number of amides is 3. The minimum Gasteiger partial charge on any atom is -0.504 e. The molecule has 3 rings (SSSR count). The number of rotatable bonds is 7. The molecule has 3 amide bonds. The summed E-state index contributed by atoms with van der Waals surface area (Å²) in [5, 5.41) is 9.85. The lowest BCUT2D eigenvalue weighted by Gasteiger charge is -2.18. The maximum absolute atomic E-state index is 12.7. The van der Waals surface area contributed by atoms with Crippen LogP contribution in [0, 0.1) is 0 Å². The number of carbonyl (C=O) groups is 3. The van der Waals surface area contributed by atoms with Gasteiger partial charge in [-0.05, 0) is 61.7 Å². The molecular formula is C21H24N2O5S. The van der Waals surface area contributed by atoms with Crippen molar-refractivity contribution in [3.63, 3.8) is 0 Å². The molecule has 0 bridgehead atoms. The number of carbonyl (C=O) groups excluding carboxylic acids is 3. The number of hydrogen-bond acceptors (Lipinski definition) is 6. The fourth-order valence-electron chi connectivity index (χ4n) is 3.34. The van der Waals surface area contributed by atoms with Crippen molar-refractivity contribution in [1.82, 2.24) is 9.80 Å². The number of imide groups is 1. The molecule has 2 heterocycles. The van der Waals surface area contributed by atoms with Gasteiger partial charge in [0, 0.05) is 18.7 Å². The number of benzene rings is 1. The Morgan fingerprint density at radius 1 is 1.31 bits per heavy atom. The molecular weight excluding hydrogens is 392 g/mol. The number of phenolic OH excluding ortho intramolecular Hbond substituents is 1. The molecule has 7 nitrogen and oxygen atoms in total. The number of nitrogens with zero attached hydrogens (tertiary/aromatic N) is 2. The first-order valence-corrected chi connectivity index (χ1v) is 10.4. The fraction of sp³-hybridized carbons (Fsp3) is 0.381. The third-order valence-electron chi connectivity index (χ3n) is 4.76. The van der Waals surface area contributed by atoms with E-state index in [1.807, 2.05) is 6.92 Å². The molecule has 154 valence electrons. The van der Waals surface area contributed by atoms with Gasteiger partial charge in [0.1, 0.15) is 6.54 Å². The fourth-order valence-corrected chi connectivity index (χ4v) is 4.18. The van der Waals surface area contributed by atoms with E-state index in [-0.39, 0.29) is 23.1 Å². The molecule has 2 aliphatic heterocycles. The van der Waals surface area contributed by atoms with E-state index < -0.39 is 11.1 Å². The SMILES string of the molecule is C=CCc1cc(C=C2SC(=O)N(CC(=O)N3CCCC3)C2=O)cc(OCC)c1O. The number of allylic oxidation sites excluding steroid dienone is 1. The van der Waals surface area contributed by atoms with E-state index in [0.29, 0.717) is 43.0 Å². The maximum Gasteiger partial charge on any atom is 0.294 e.